The Hall–Kier alpha value is -0.660. The molecule has 1 aromatic rings. The molecule has 2 heterocycles. The second-order valence-electron chi connectivity index (χ2n) is 6.39. The molecule has 1 fully saturated rings. The molecule has 1 aromatic heterocycles. The summed E-state index contributed by atoms with van der Waals surface area (Å²) in [4.78, 5) is 20.3. The number of nitrogens with zero attached hydrogens (tertiary/aromatic N) is 2. The fourth-order valence-electron chi connectivity index (χ4n) is 3.04. The van der Waals surface area contributed by atoms with E-state index in [1.165, 1.54) is 48.0 Å². The molecule has 23 heavy (non-hydrogen) atoms. The van der Waals surface area contributed by atoms with Gasteiger partial charge in [-0.2, -0.15) is 0 Å². The molecule has 1 N–H and O–H groups in total. The van der Waals surface area contributed by atoms with Crippen LogP contribution in [0.2, 0.25) is 0 Å². The molecule has 0 saturated carbocycles. The first kappa shape index (κ1) is 17.2. The van der Waals surface area contributed by atoms with Gasteiger partial charge in [-0.05, 0) is 44.4 Å². The van der Waals surface area contributed by atoms with Crippen LogP contribution in [0.15, 0.2) is 0 Å². The van der Waals surface area contributed by atoms with Crippen LogP contribution in [0.25, 0.3) is 0 Å². The number of hydrogen-bond donors (Lipinski definition) is 1. The topological polar surface area (TPSA) is 45.2 Å². The van der Waals surface area contributed by atoms with Gasteiger partial charge in [0.15, 0.2) is 5.13 Å². The third-order valence-corrected chi connectivity index (χ3v) is 6.93. The number of nitrogens with one attached hydrogen (secondary N) is 1. The average molecular weight is 370 g/mol. The molecule has 0 unspecified atom stereocenters. The van der Waals surface area contributed by atoms with Crippen molar-refractivity contribution in [3.8, 4) is 0 Å². The van der Waals surface area contributed by atoms with Gasteiger partial charge in [-0.1, -0.05) is 30.9 Å². The second-order valence-corrected chi connectivity index (χ2v) is 9.08. The quantitative estimate of drug-likeness (QED) is 0.823. The van der Waals surface area contributed by atoms with Crippen LogP contribution < -0.4 is 5.32 Å². The van der Waals surface area contributed by atoms with Crippen LogP contribution >= 0.6 is 35.3 Å². The largest absolute Gasteiger partial charge is 0.358 e. The minimum atomic E-state index is -0.00601. The van der Waals surface area contributed by atoms with Crippen molar-refractivity contribution in [1.29, 1.82) is 0 Å². The van der Waals surface area contributed by atoms with Crippen LogP contribution in [-0.2, 0) is 17.6 Å². The zero-order valence-corrected chi connectivity index (χ0v) is 15.9. The van der Waals surface area contributed by atoms with Crippen LogP contribution in [0.1, 0.15) is 43.2 Å². The fourth-order valence-corrected chi connectivity index (χ4v) is 5.28. The van der Waals surface area contributed by atoms with Crippen molar-refractivity contribution in [2.45, 2.75) is 45.4 Å². The minimum Gasteiger partial charge on any atom is -0.358 e. The summed E-state index contributed by atoms with van der Waals surface area (Å²) >= 11 is 8.54. The molecule has 1 atom stereocenters. The van der Waals surface area contributed by atoms with Gasteiger partial charge in [0.05, 0.1) is 11.4 Å². The first-order valence-corrected chi connectivity index (χ1v) is 10.5. The van der Waals surface area contributed by atoms with Crippen molar-refractivity contribution in [3.63, 3.8) is 0 Å². The van der Waals surface area contributed by atoms with Crippen LogP contribution in [-0.4, -0.2) is 39.0 Å². The van der Waals surface area contributed by atoms with E-state index in [-0.39, 0.29) is 5.91 Å². The first-order valence-electron chi connectivity index (χ1n) is 8.32. The molecule has 2 aliphatic rings. The Morgan fingerprint density at radius 3 is 3.00 bits per heavy atom. The smallest absolute Gasteiger partial charge is 0.236 e. The van der Waals surface area contributed by atoms with Crippen LogP contribution in [0.4, 0.5) is 5.13 Å². The van der Waals surface area contributed by atoms with Crippen LogP contribution in [0.3, 0.4) is 0 Å². The maximum Gasteiger partial charge on any atom is 0.236 e. The highest BCUT2D eigenvalue weighted by molar-refractivity contribution is 8.23. The highest BCUT2D eigenvalue weighted by Crippen LogP contribution is 2.32. The Bertz CT molecular complexity index is 581. The van der Waals surface area contributed by atoms with Crippen molar-refractivity contribution in [2.24, 2.45) is 5.92 Å². The number of rotatable bonds is 3. The number of anilines is 1. The van der Waals surface area contributed by atoms with Crippen molar-refractivity contribution in [1.82, 2.24) is 9.88 Å². The van der Waals surface area contributed by atoms with Gasteiger partial charge in [-0.3, -0.25) is 4.79 Å². The van der Waals surface area contributed by atoms with E-state index in [0.29, 0.717) is 5.75 Å². The molecule has 0 spiro atoms. The Morgan fingerprint density at radius 2 is 2.22 bits per heavy atom. The van der Waals surface area contributed by atoms with Crippen LogP contribution in [0, 0.1) is 5.92 Å². The first-order chi connectivity index (χ1) is 11.1. The summed E-state index contributed by atoms with van der Waals surface area (Å²) in [5.74, 6) is 1.09. The molecular formula is C16H23N3OS3. The average Bonchev–Trinajstić information content (AvgIpc) is 2.94. The molecular weight excluding hydrogens is 346 g/mol. The maximum absolute atomic E-state index is 12.1. The molecule has 0 radical (unpaired) electrons. The third-order valence-electron chi connectivity index (χ3n) is 4.37. The maximum atomic E-state index is 12.1. The Balaban J connectivity index is 1.47. The zero-order valence-electron chi connectivity index (χ0n) is 13.5. The van der Waals surface area contributed by atoms with E-state index >= 15 is 0 Å². The van der Waals surface area contributed by atoms with E-state index in [2.05, 4.69) is 22.1 Å². The summed E-state index contributed by atoms with van der Waals surface area (Å²) in [6, 6.07) is 0. The van der Waals surface area contributed by atoms with Gasteiger partial charge in [0, 0.05) is 18.0 Å². The molecule has 4 nitrogen and oxygen atoms in total. The summed E-state index contributed by atoms with van der Waals surface area (Å²) in [5.41, 5.74) is 1.18. The number of aromatic nitrogens is 1. The molecule has 1 aliphatic heterocycles. The SMILES string of the molecule is C[C@@H]1CCc2nc(NC(=O)CSC(=S)N3CCCCC3)sc2C1. The van der Waals surface area contributed by atoms with E-state index in [0.717, 1.165) is 41.3 Å². The molecule has 126 valence electrons. The van der Waals surface area contributed by atoms with Gasteiger partial charge in [-0.15, -0.1) is 11.3 Å². The van der Waals surface area contributed by atoms with Gasteiger partial charge < -0.3 is 10.2 Å². The zero-order chi connectivity index (χ0) is 16.2. The van der Waals surface area contributed by atoms with Gasteiger partial charge in [0.25, 0.3) is 0 Å². The van der Waals surface area contributed by atoms with E-state index in [9.17, 15) is 4.79 Å². The lowest BCUT2D eigenvalue weighted by molar-refractivity contribution is -0.113. The number of amides is 1. The summed E-state index contributed by atoms with van der Waals surface area (Å²) in [6.45, 7) is 4.34. The number of aryl methyl sites for hydroxylation is 1. The van der Waals surface area contributed by atoms with Crippen LogP contribution in [0.5, 0.6) is 0 Å². The Morgan fingerprint density at radius 1 is 1.43 bits per heavy atom. The van der Waals surface area contributed by atoms with Crippen molar-refractivity contribution in [3.05, 3.63) is 10.6 Å². The van der Waals surface area contributed by atoms with E-state index in [4.69, 9.17) is 12.2 Å². The predicted molar refractivity (Wildman–Crippen MR) is 102 cm³/mol. The minimum absolute atomic E-state index is 0.00601. The number of fused-ring (bicyclic) bond motifs is 1. The summed E-state index contributed by atoms with van der Waals surface area (Å²) in [6.07, 6.45) is 7.03. The number of thiocarbonyl (C=S) groups is 1. The lowest BCUT2D eigenvalue weighted by atomic mass is 9.93. The summed E-state index contributed by atoms with van der Waals surface area (Å²) < 4.78 is 0.854. The normalized spacial score (nSPS) is 20.9. The molecule has 7 heteroatoms. The third kappa shape index (κ3) is 4.67. The van der Waals surface area contributed by atoms with Crippen molar-refractivity contribution in [2.75, 3.05) is 24.2 Å². The van der Waals surface area contributed by atoms with Gasteiger partial charge >= 0.3 is 0 Å². The lowest BCUT2D eigenvalue weighted by Crippen LogP contribution is -2.33. The lowest BCUT2D eigenvalue weighted by Gasteiger charge is -2.28. The standard InChI is InChI=1S/C16H23N3OS3/c1-11-5-6-12-13(9-11)23-15(17-12)18-14(20)10-22-16(21)19-7-3-2-4-8-19/h11H,2-10H2,1H3,(H,17,18,20)/t11-/m1/s1. The highest BCUT2D eigenvalue weighted by atomic mass is 32.2. The van der Waals surface area contributed by atoms with Gasteiger partial charge in [-0.25, -0.2) is 4.98 Å². The van der Waals surface area contributed by atoms with E-state index < -0.39 is 0 Å². The second kappa shape index (κ2) is 7.94. The van der Waals surface area contributed by atoms with E-state index in [1.54, 1.807) is 11.3 Å². The number of thiazole rings is 1. The molecule has 1 saturated heterocycles. The predicted octanol–water partition coefficient (Wildman–Crippen LogP) is 3.71. The molecule has 0 bridgehead atoms. The number of piperidine rings is 1. The number of likely N-dealkylation sites (tertiary alicyclic amines) is 1. The molecule has 3 rings (SSSR count). The number of carbonyl (C=O) groups excluding carboxylic acids is 1. The summed E-state index contributed by atoms with van der Waals surface area (Å²) in [5, 5.41) is 3.69. The van der Waals surface area contributed by atoms with Crippen molar-refractivity contribution >= 4 is 50.7 Å². The summed E-state index contributed by atoms with van der Waals surface area (Å²) in [7, 11) is 0. The Labute approximate surface area is 151 Å². The van der Waals surface area contributed by atoms with Gasteiger partial charge in [0.2, 0.25) is 5.91 Å². The molecule has 1 aliphatic carbocycles. The molecule has 0 aromatic carbocycles. The van der Waals surface area contributed by atoms with Gasteiger partial charge in [0.1, 0.15) is 4.32 Å². The number of hydrogen-bond acceptors (Lipinski definition) is 5. The number of thioether (sulfide) groups is 1. The van der Waals surface area contributed by atoms with E-state index in [1.807, 2.05) is 0 Å². The highest BCUT2D eigenvalue weighted by Gasteiger charge is 2.21. The molecule has 1 amide bonds. The Kier molecular flexibility index (Phi) is 5.93. The fraction of sp³-hybridized carbons (Fsp3) is 0.688. The van der Waals surface area contributed by atoms with Crippen molar-refractivity contribution < 1.29 is 4.79 Å². The monoisotopic (exact) mass is 369 g/mol. The number of carbonyl (C=O) groups is 1.